The van der Waals surface area contributed by atoms with Crippen molar-refractivity contribution in [1.82, 2.24) is 0 Å². The highest BCUT2D eigenvalue weighted by Crippen LogP contribution is 2.40. The summed E-state index contributed by atoms with van der Waals surface area (Å²) in [5.41, 5.74) is 0.925. The predicted molar refractivity (Wildman–Crippen MR) is 43.5 cm³/mol. The van der Waals surface area contributed by atoms with Gasteiger partial charge in [0.2, 0.25) is 0 Å². The lowest BCUT2D eigenvalue weighted by Crippen LogP contribution is -2.28. The van der Waals surface area contributed by atoms with Gasteiger partial charge in [-0.15, -0.1) is 0 Å². The second-order valence-corrected chi connectivity index (χ2v) is 4.49. The fourth-order valence-corrected chi connectivity index (χ4v) is 0.530. The Morgan fingerprint density at radius 2 is 1.22 bits per heavy atom. The maximum atomic E-state index is 2.33. The van der Waals surface area contributed by atoms with Crippen LogP contribution in [-0.4, -0.2) is 0 Å². The molecule has 0 N–H and O–H groups in total. The molecule has 0 saturated heterocycles. The molecular formula is C9H20. The van der Waals surface area contributed by atoms with Crippen molar-refractivity contribution >= 4 is 0 Å². The summed E-state index contributed by atoms with van der Waals surface area (Å²) >= 11 is 0. The lowest BCUT2D eigenvalue weighted by molar-refractivity contribution is 0.126. The van der Waals surface area contributed by atoms with E-state index in [4.69, 9.17) is 0 Å². The minimum atomic E-state index is 0.446. The Balaban J connectivity index is 4.14. The van der Waals surface area contributed by atoms with Gasteiger partial charge in [0, 0.05) is 0 Å². The van der Waals surface area contributed by atoms with Crippen molar-refractivity contribution in [2.45, 2.75) is 48.0 Å². The Bertz CT molecular complexity index is 82.7. The monoisotopic (exact) mass is 128 g/mol. The van der Waals surface area contributed by atoms with E-state index >= 15 is 0 Å². The highest BCUT2D eigenvalue weighted by atomic mass is 14.3. The second kappa shape index (κ2) is 2.32. The summed E-state index contributed by atoms with van der Waals surface area (Å²) in [6, 6.07) is 0. The number of hydrogen-bond acceptors (Lipinski definition) is 0. The van der Waals surface area contributed by atoms with Crippen LogP contribution in [0, 0.1) is 10.8 Å². The SMILES string of the molecule is CCC(C)(C)C(C)(C)C. The third kappa shape index (κ3) is 2.00. The summed E-state index contributed by atoms with van der Waals surface area (Å²) in [6.07, 6.45) is 1.26. The van der Waals surface area contributed by atoms with Gasteiger partial charge in [-0.3, -0.25) is 0 Å². The lowest BCUT2D eigenvalue weighted by atomic mass is 9.68. The molecule has 0 atom stereocenters. The van der Waals surface area contributed by atoms with Crippen LogP contribution in [0.2, 0.25) is 0 Å². The first-order valence-electron chi connectivity index (χ1n) is 3.81. The first kappa shape index (κ1) is 9.00. The van der Waals surface area contributed by atoms with E-state index < -0.39 is 0 Å². The van der Waals surface area contributed by atoms with Crippen molar-refractivity contribution < 1.29 is 0 Å². The Kier molecular flexibility index (Phi) is 2.32. The minimum Gasteiger partial charge on any atom is -0.0649 e. The summed E-state index contributed by atoms with van der Waals surface area (Å²) in [7, 11) is 0. The molecule has 0 amide bonds. The van der Waals surface area contributed by atoms with E-state index in [2.05, 4.69) is 41.5 Å². The lowest BCUT2D eigenvalue weighted by Gasteiger charge is -2.37. The van der Waals surface area contributed by atoms with Crippen LogP contribution in [0.4, 0.5) is 0 Å². The molecule has 0 aliphatic rings. The molecule has 0 rings (SSSR count). The summed E-state index contributed by atoms with van der Waals surface area (Å²) < 4.78 is 0. The zero-order chi connectivity index (χ0) is 7.71. The van der Waals surface area contributed by atoms with Crippen LogP contribution in [0.1, 0.15) is 48.0 Å². The van der Waals surface area contributed by atoms with Crippen LogP contribution < -0.4 is 0 Å². The molecule has 0 aromatic carbocycles. The molecule has 0 heterocycles. The van der Waals surface area contributed by atoms with Crippen molar-refractivity contribution in [2.24, 2.45) is 10.8 Å². The van der Waals surface area contributed by atoms with Gasteiger partial charge in [-0.05, 0) is 10.8 Å². The summed E-state index contributed by atoms with van der Waals surface area (Å²) in [6.45, 7) is 13.8. The van der Waals surface area contributed by atoms with Crippen LogP contribution in [0.25, 0.3) is 0 Å². The van der Waals surface area contributed by atoms with Gasteiger partial charge >= 0.3 is 0 Å². The molecule has 0 radical (unpaired) electrons. The van der Waals surface area contributed by atoms with Crippen molar-refractivity contribution in [2.75, 3.05) is 0 Å². The molecule has 0 spiro atoms. The van der Waals surface area contributed by atoms with Gasteiger partial charge in [0.1, 0.15) is 0 Å². The van der Waals surface area contributed by atoms with E-state index in [9.17, 15) is 0 Å². The Labute approximate surface area is 59.7 Å². The molecule has 9 heavy (non-hydrogen) atoms. The molecule has 0 aromatic rings. The van der Waals surface area contributed by atoms with Gasteiger partial charge in [0.05, 0.1) is 0 Å². The van der Waals surface area contributed by atoms with Gasteiger partial charge in [0.25, 0.3) is 0 Å². The quantitative estimate of drug-likeness (QED) is 0.507. The maximum Gasteiger partial charge on any atom is -0.0308 e. The Morgan fingerprint density at radius 3 is 1.22 bits per heavy atom. The van der Waals surface area contributed by atoms with Crippen molar-refractivity contribution in [3.63, 3.8) is 0 Å². The van der Waals surface area contributed by atoms with E-state index in [1.165, 1.54) is 6.42 Å². The van der Waals surface area contributed by atoms with Crippen LogP contribution in [-0.2, 0) is 0 Å². The van der Waals surface area contributed by atoms with Gasteiger partial charge in [-0.25, -0.2) is 0 Å². The molecule has 0 heteroatoms. The average molecular weight is 128 g/mol. The molecular weight excluding hydrogens is 108 g/mol. The normalized spacial score (nSPS) is 14.0. The minimum absolute atomic E-state index is 0.446. The van der Waals surface area contributed by atoms with Crippen molar-refractivity contribution in [3.05, 3.63) is 0 Å². The highest BCUT2D eigenvalue weighted by Gasteiger charge is 2.30. The van der Waals surface area contributed by atoms with E-state index in [-0.39, 0.29) is 0 Å². The van der Waals surface area contributed by atoms with Crippen LogP contribution >= 0.6 is 0 Å². The highest BCUT2D eigenvalue weighted by molar-refractivity contribution is 4.80. The Hall–Kier alpha value is 0. The van der Waals surface area contributed by atoms with Gasteiger partial charge in [-0.1, -0.05) is 48.0 Å². The third-order valence-electron chi connectivity index (χ3n) is 2.91. The molecule has 0 saturated carbocycles. The third-order valence-corrected chi connectivity index (χ3v) is 2.91. The van der Waals surface area contributed by atoms with E-state index in [1.54, 1.807) is 0 Å². The number of hydrogen-bond donors (Lipinski definition) is 0. The summed E-state index contributed by atoms with van der Waals surface area (Å²) in [5.74, 6) is 0. The van der Waals surface area contributed by atoms with Gasteiger partial charge in [0.15, 0.2) is 0 Å². The molecule has 0 unspecified atom stereocenters. The van der Waals surface area contributed by atoms with E-state index in [1.807, 2.05) is 0 Å². The van der Waals surface area contributed by atoms with Gasteiger partial charge in [-0.2, -0.15) is 0 Å². The van der Waals surface area contributed by atoms with Gasteiger partial charge < -0.3 is 0 Å². The predicted octanol–water partition coefficient (Wildman–Crippen LogP) is 3.47. The molecule has 0 aromatic heterocycles. The zero-order valence-corrected chi connectivity index (χ0v) is 7.71. The van der Waals surface area contributed by atoms with Crippen LogP contribution in [0.15, 0.2) is 0 Å². The first-order chi connectivity index (χ1) is 3.81. The molecule has 0 nitrogen and oxygen atoms in total. The van der Waals surface area contributed by atoms with Crippen LogP contribution in [0.5, 0.6) is 0 Å². The molecule has 0 fully saturated rings. The smallest absolute Gasteiger partial charge is 0.0308 e. The topological polar surface area (TPSA) is 0 Å². The number of rotatable bonds is 1. The van der Waals surface area contributed by atoms with Crippen molar-refractivity contribution in [3.8, 4) is 0 Å². The molecule has 0 aliphatic heterocycles. The van der Waals surface area contributed by atoms with Crippen molar-refractivity contribution in [1.29, 1.82) is 0 Å². The standard InChI is InChI=1S/C9H20/c1-7-9(5,6)8(2,3)4/h7H2,1-6H3. The van der Waals surface area contributed by atoms with E-state index in [0.29, 0.717) is 10.8 Å². The summed E-state index contributed by atoms with van der Waals surface area (Å²) in [5, 5.41) is 0. The maximum absolute atomic E-state index is 2.33. The Morgan fingerprint density at radius 1 is 0.889 bits per heavy atom. The van der Waals surface area contributed by atoms with E-state index in [0.717, 1.165) is 0 Å². The van der Waals surface area contributed by atoms with Crippen LogP contribution in [0.3, 0.4) is 0 Å². The largest absolute Gasteiger partial charge is 0.0649 e. The fraction of sp³-hybridized carbons (Fsp3) is 1.00. The molecule has 0 bridgehead atoms. The second-order valence-electron chi connectivity index (χ2n) is 4.49. The average Bonchev–Trinajstić information content (AvgIpc) is 1.64. The summed E-state index contributed by atoms with van der Waals surface area (Å²) in [4.78, 5) is 0. The first-order valence-corrected chi connectivity index (χ1v) is 3.81. The fourth-order valence-electron chi connectivity index (χ4n) is 0.530. The molecule has 0 aliphatic carbocycles. The molecule has 56 valence electrons. The zero-order valence-electron chi connectivity index (χ0n) is 7.71.